The van der Waals surface area contributed by atoms with Crippen LogP contribution in [0.1, 0.15) is 44.2 Å². The third-order valence-corrected chi connectivity index (χ3v) is 7.63. The van der Waals surface area contributed by atoms with E-state index < -0.39 is 32.4 Å². The van der Waals surface area contributed by atoms with E-state index in [9.17, 15) is 17.6 Å². The van der Waals surface area contributed by atoms with Gasteiger partial charge in [0.25, 0.3) is 0 Å². The molecule has 6 heteroatoms. The van der Waals surface area contributed by atoms with E-state index in [2.05, 4.69) is 5.32 Å². The van der Waals surface area contributed by atoms with Crippen LogP contribution in [0.5, 0.6) is 0 Å². The quantitative estimate of drug-likeness (QED) is 0.865. The van der Waals surface area contributed by atoms with Crippen LogP contribution in [0.2, 0.25) is 0 Å². The first-order valence-corrected chi connectivity index (χ1v) is 10.2. The summed E-state index contributed by atoms with van der Waals surface area (Å²) in [5.74, 6) is -0.971. The van der Waals surface area contributed by atoms with Crippen LogP contribution in [0.15, 0.2) is 59.5 Å². The van der Waals surface area contributed by atoms with Gasteiger partial charge in [-0.1, -0.05) is 49.2 Å². The molecule has 0 bridgehead atoms. The summed E-state index contributed by atoms with van der Waals surface area (Å²) in [4.78, 5) is 13.2. The van der Waals surface area contributed by atoms with Gasteiger partial charge in [-0.2, -0.15) is 0 Å². The second-order valence-corrected chi connectivity index (χ2v) is 8.99. The minimum atomic E-state index is -3.84. The molecule has 1 unspecified atom stereocenters. The lowest BCUT2D eigenvalue weighted by atomic mass is 10.0. The van der Waals surface area contributed by atoms with E-state index in [1.165, 1.54) is 18.2 Å². The lowest BCUT2D eigenvalue weighted by molar-refractivity contribution is -0.124. The van der Waals surface area contributed by atoms with E-state index in [1.54, 1.807) is 43.3 Å². The largest absolute Gasteiger partial charge is 0.348 e. The van der Waals surface area contributed by atoms with Gasteiger partial charge in [-0.05, 0) is 38.0 Å². The lowest BCUT2D eigenvalue weighted by Crippen LogP contribution is -2.51. The molecular weight excluding hydrogens is 353 g/mol. The number of benzene rings is 2. The summed E-state index contributed by atoms with van der Waals surface area (Å²) in [6, 6.07) is 13.6. The van der Waals surface area contributed by atoms with Gasteiger partial charge in [-0.25, -0.2) is 12.8 Å². The van der Waals surface area contributed by atoms with Crippen molar-refractivity contribution in [3.05, 3.63) is 66.0 Å². The zero-order valence-electron chi connectivity index (χ0n) is 14.6. The molecule has 0 aliphatic heterocycles. The fourth-order valence-corrected chi connectivity index (χ4v) is 5.72. The molecular formula is C20H22FNO3S. The second kappa shape index (κ2) is 7.19. The van der Waals surface area contributed by atoms with Gasteiger partial charge < -0.3 is 5.32 Å². The molecule has 2 aromatic rings. The zero-order valence-corrected chi connectivity index (χ0v) is 15.4. The SMILES string of the molecule is CC(NC(=O)C1(S(=O)(=O)c2ccccc2)CCCC1)c1ccccc1F. The molecule has 3 rings (SSSR count). The van der Waals surface area contributed by atoms with Gasteiger partial charge in [-0.15, -0.1) is 0 Å². The maximum absolute atomic E-state index is 14.0. The van der Waals surface area contributed by atoms with Gasteiger partial charge in [0, 0.05) is 5.56 Å². The maximum Gasteiger partial charge on any atom is 0.242 e. The molecule has 0 spiro atoms. The second-order valence-electron chi connectivity index (χ2n) is 6.73. The summed E-state index contributed by atoms with van der Waals surface area (Å²) in [5.41, 5.74) is 0.339. The van der Waals surface area contributed by atoms with E-state index in [1.807, 2.05) is 0 Å². The highest BCUT2D eigenvalue weighted by Crippen LogP contribution is 2.41. The first-order chi connectivity index (χ1) is 12.4. The summed E-state index contributed by atoms with van der Waals surface area (Å²) in [7, 11) is -3.84. The molecule has 1 aliphatic carbocycles. The van der Waals surface area contributed by atoms with Crippen LogP contribution < -0.4 is 5.32 Å². The number of nitrogens with one attached hydrogen (secondary N) is 1. The molecule has 0 aromatic heterocycles. The Bertz CT molecular complexity index is 890. The molecule has 0 heterocycles. The number of amides is 1. The van der Waals surface area contributed by atoms with Crippen LogP contribution in [-0.2, 0) is 14.6 Å². The monoisotopic (exact) mass is 375 g/mol. The third kappa shape index (κ3) is 3.14. The topological polar surface area (TPSA) is 63.2 Å². The number of carbonyl (C=O) groups excluding carboxylic acids is 1. The molecule has 1 atom stereocenters. The lowest BCUT2D eigenvalue weighted by Gasteiger charge is -2.29. The smallest absolute Gasteiger partial charge is 0.242 e. The fraction of sp³-hybridized carbons (Fsp3) is 0.350. The third-order valence-electron chi connectivity index (χ3n) is 5.11. The van der Waals surface area contributed by atoms with E-state index >= 15 is 0 Å². The Morgan fingerprint density at radius 1 is 1.04 bits per heavy atom. The standard InChI is InChI=1S/C20H22FNO3S/c1-15(17-11-5-6-12-18(17)21)22-19(23)20(13-7-8-14-20)26(24,25)16-9-3-2-4-10-16/h2-6,9-12,15H,7-8,13-14H2,1H3,(H,22,23). The maximum atomic E-state index is 14.0. The van der Waals surface area contributed by atoms with Crippen LogP contribution >= 0.6 is 0 Å². The molecule has 1 saturated carbocycles. The Morgan fingerprint density at radius 2 is 1.62 bits per heavy atom. The van der Waals surface area contributed by atoms with Crippen molar-refractivity contribution >= 4 is 15.7 Å². The van der Waals surface area contributed by atoms with Gasteiger partial charge in [0.15, 0.2) is 14.6 Å². The molecule has 138 valence electrons. The highest BCUT2D eigenvalue weighted by Gasteiger charge is 2.53. The predicted molar refractivity (Wildman–Crippen MR) is 97.8 cm³/mol. The molecule has 4 nitrogen and oxygen atoms in total. The number of halogens is 1. The molecule has 1 N–H and O–H groups in total. The number of hydrogen-bond donors (Lipinski definition) is 1. The van der Waals surface area contributed by atoms with Gasteiger partial charge in [0.2, 0.25) is 5.91 Å². The Kier molecular flexibility index (Phi) is 5.14. The molecule has 1 amide bonds. The Labute approximate surface area is 153 Å². The van der Waals surface area contributed by atoms with Crippen molar-refractivity contribution < 1.29 is 17.6 Å². The summed E-state index contributed by atoms with van der Waals surface area (Å²) in [5, 5.41) is 2.74. The van der Waals surface area contributed by atoms with Gasteiger partial charge in [0.05, 0.1) is 10.9 Å². The van der Waals surface area contributed by atoms with E-state index in [4.69, 9.17) is 0 Å². The average Bonchev–Trinajstić information content (AvgIpc) is 3.14. The van der Waals surface area contributed by atoms with Crippen molar-refractivity contribution in [2.24, 2.45) is 0 Å². The van der Waals surface area contributed by atoms with Crippen molar-refractivity contribution in [3.63, 3.8) is 0 Å². The Balaban J connectivity index is 1.93. The van der Waals surface area contributed by atoms with Crippen molar-refractivity contribution in [2.45, 2.75) is 48.3 Å². The summed E-state index contributed by atoms with van der Waals surface area (Å²) >= 11 is 0. The highest BCUT2D eigenvalue weighted by molar-refractivity contribution is 7.93. The molecule has 1 aliphatic rings. The van der Waals surface area contributed by atoms with Crippen molar-refractivity contribution in [2.75, 3.05) is 0 Å². The summed E-state index contributed by atoms with van der Waals surface area (Å²) in [6.45, 7) is 1.66. The minimum Gasteiger partial charge on any atom is -0.348 e. The fourth-order valence-electron chi connectivity index (χ4n) is 3.62. The average molecular weight is 375 g/mol. The number of rotatable bonds is 5. The summed E-state index contributed by atoms with van der Waals surface area (Å²) < 4.78 is 39.0. The number of sulfone groups is 1. The Morgan fingerprint density at radius 3 is 2.23 bits per heavy atom. The molecule has 2 aromatic carbocycles. The van der Waals surface area contributed by atoms with Crippen molar-refractivity contribution in [3.8, 4) is 0 Å². The first kappa shape index (κ1) is 18.6. The van der Waals surface area contributed by atoms with Crippen LogP contribution in [0.4, 0.5) is 4.39 Å². The number of carbonyl (C=O) groups is 1. The summed E-state index contributed by atoms with van der Waals surface area (Å²) in [6.07, 6.45) is 1.90. The van der Waals surface area contributed by atoms with Gasteiger partial charge in [-0.3, -0.25) is 4.79 Å². The number of hydrogen-bond acceptors (Lipinski definition) is 3. The van der Waals surface area contributed by atoms with Crippen LogP contribution in [0.25, 0.3) is 0 Å². The van der Waals surface area contributed by atoms with Crippen molar-refractivity contribution in [1.82, 2.24) is 5.32 Å². The highest BCUT2D eigenvalue weighted by atomic mass is 32.2. The van der Waals surface area contributed by atoms with Gasteiger partial charge >= 0.3 is 0 Å². The molecule has 0 saturated heterocycles. The van der Waals surface area contributed by atoms with Crippen LogP contribution in [0, 0.1) is 5.82 Å². The van der Waals surface area contributed by atoms with Crippen LogP contribution in [-0.4, -0.2) is 19.1 Å². The zero-order chi connectivity index (χ0) is 18.8. The van der Waals surface area contributed by atoms with E-state index in [0.29, 0.717) is 18.4 Å². The van der Waals surface area contributed by atoms with E-state index in [-0.39, 0.29) is 17.7 Å². The minimum absolute atomic E-state index is 0.149. The Hall–Kier alpha value is -2.21. The van der Waals surface area contributed by atoms with Crippen molar-refractivity contribution in [1.29, 1.82) is 0 Å². The normalized spacial score (nSPS) is 17.6. The first-order valence-electron chi connectivity index (χ1n) is 8.73. The van der Waals surface area contributed by atoms with Gasteiger partial charge in [0.1, 0.15) is 5.82 Å². The van der Waals surface area contributed by atoms with E-state index in [0.717, 1.165) is 0 Å². The molecule has 0 radical (unpaired) electrons. The van der Waals surface area contributed by atoms with Crippen LogP contribution in [0.3, 0.4) is 0 Å². The predicted octanol–water partition coefficient (Wildman–Crippen LogP) is 3.79. The molecule has 1 fully saturated rings. The molecule has 26 heavy (non-hydrogen) atoms.